The number of fused-ring (bicyclic) bond motifs is 1. The smallest absolute Gasteiger partial charge is 0.124 e. The molecule has 0 aromatic heterocycles. The van der Waals surface area contributed by atoms with Crippen molar-refractivity contribution in [2.45, 2.75) is 19.7 Å². The summed E-state index contributed by atoms with van der Waals surface area (Å²) < 4.78 is 24.7. The molecule has 5 heteroatoms. The van der Waals surface area contributed by atoms with Crippen molar-refractivity contribution in [3.8, 4) is 11.5 Å². The van der Waals surface area contributed by atoms with Gasteiger partial charge in [0.05, 0.1) is 7.11 Å². The second-order valence-electron chi connectivity index (χ2n) is 7.09. The molecule has 4 aromatic carbocycles. The summed E-state index contributed by atoms with van der Waals surface area (Å²) in [6.07, 6.45) is 0. The maximum Gasteiger partial charge on any atom is 0.124 e. The molecule has 0 aliphatic heterocycles. The largest absolute Gasteiger partial charge is 0.496 e. The second kappa shape index (κ2) is 10.8. The standard InChI is InChI=1S/C26H24FNO2.ClH/c1-29-25-9-5-3-7-21(25)16-28-17-24-23-8-4-2-6-20(23)12-15-26(24)30-18-19-10-13-22(27)14-11-19;/h2-15,28H,16-18H2,1H3;1H. The van der Waals surface area contributed by atoms with Gasteiger partial charge in [-0.05, 0) is 40.6 Å². The number of halogens is 2. The Kier molecular flexibility index (Phi) is 7.88. The Morgan fingerprint density at radius 3 is 2.32 bits per heavy atom. The first kappa shape index (κ1) is 22.6. The van der Waals surface area contributed by atoms with Crippen LogP contribution in [-0.4, -0.2) is 7.11 Å². The number of nitrogens with one attached hydrogen (secondary N) is 1. The van der Waals surface area contributed by atoms with Gasteiger partial charge >= 0.3 is 0 Å². The molecule has 4 rings (SSSR count). The fourth-order valence-electron chi connectivity index (χ4n) is 3.55. The lowest BCUT2D eigenvalue weighted by atomic mass is 10.0. The number of ether oxygens (including phenoxy) is 2. The molecule has 31 heavy (non-hydrogen) atoms. The highest BCUT2D eigenvalue weighted by molar-refractivity contribution is 5.87. The van der Waals surface area contributed by atoms with Crippen molar-refractivity contribution in [3.05, 3.63) is 107 Å². The van der Waals surface area contributed by atoms with Gasteiger partial charge in [-0.15, -0.1) is 12.4 Å². The number of para-hydroxylation sites is 1. The van der Waals surface area contributed by atoms with Crippen LogP contribution >= 0.6 is 12.4 Å². The van der Waals surface area contributed by atoms with E-state index in [9.17, 15) is 4.39 Å². The highest BCUT2D eigenvalue weighted by atomic mass is 35.5. The van der Waals surface area contributed by atoms with Crippen molar-refractivity contribution < 1.29 is 13.9 Å². The van der Waals surface area contributed by atoms with E-state index < -0.39 is 0 Å². The van der Waals surface area contributed by atoms with Crippen LogP contribution in [0.5, 0.6) is 11.5 Å². The van der Waals surface area contributed by atoms with Gasteiger partial charge in [-0.1, -0.05) is 60.7 Å². The molecule has 0 saturated heterocycles. The third-order valence-electron chi connectivity index (χ3n) is 5.11. The van der Waals surface area contributed by atoms with Gasteiger partial charge in [0.2, 0.25) is 0 Å². The fourth-order valence-corrected chi connectivity index (χ4v) is 3.55. The predicted octanol–water partition coefficient (Wildman–Crippen LogP) is 6.28. The maximum absolute atomic E-state index is 13.2. The third-order valence-corrected chi connectivity index (χ3v) is 5.11. The van der Waals surface area contributed by atoms with Crippen LogP contribution < -0.4 is 14.8 Å². The van der Waals surface area contributed by atoms with E-state index in [1.807, 2.05) is 36.4 Å². The third kappa shape index (κ3) is 5.54. The zero-order valence-corrected chi connectivity index (χ0v) is 18.1. The van der Waals surface area contributed by atoms with E-state index >= 15 is 0 Å². The van der Waals surface area contributed by atoms with E-state index in [-0.39, 0.29) is 18.2 Å². The highest BCUT2D eigenvalue weighted by Gasteiger charge is 2.10. The monoisotopic (exact) mass is 437 g/mol. The first-order valence-electron chi connectivity index (χ1n) is 9.95. The van der Waals surface area contributed by atoms with Crippen LogP contribution in [0.25, 0.3) is 10.8 Å². The van der Waals surface area contributed by atoms with E-state index in [4.69, 9.17) is 9.47 Å². The summed E-state index contributed by atoms with van der Waals surface area (Å²) in [7, 11) is 1.69. The Hall–Kier alpha value is -3.08. The molecule has 4 aromatic rings. The summed E-state index contributed by atoms with van der Waals surface area (Å²) in [5, 5.41) is 5.84. The normalized spacial score (nSPS) is 10.5. The van der Waals surface area contributed by atoms with Gasteiger partial charge in [-0.25, -0.2) is 4.39 Å². The molecule has 0 radical (unpaired) electrons. The lowest BCUT2D eigenvalue weighted by molar-refractivity contribution is 0.302. The number of benzene rings is 4. The maximum atomic E-state index is 13.2. The lowest BCUT2D eigenvalue weighted by Gasteiger charge is -2.16. The molecule has 0 atom stereocenters. The molecule has 0 spiro atoms. The molecule has 0 heterocycles. The van der Waals surface area contributed by atoms with Gasteiger partial charge in [0.15, 0.2) is 0 Å². The molecule has 1 N–H and O–H groups in total. The predicted molar refractivity (Wildman–Crippen MR) is 125 cm³/mol. The fraction of sp³-hybridized carbons (Fsp3) is 0.154. The minimum absolute atomic E-state index is 0. The van der Waals surface area contributed by atoms with Gasteiger partial charge in [-0.2, -0.15) is 0 Å². The Bertz CT molecular complexity index is 1130. The van der Waals surface area contributed by atoms with Gasteiger partial charge in [0, 0.05) is 24.2 Å². The molecule has 3 nitrogen and oxygen atoms in total. The van der Waals surface area contributed by atoms with Crippen LogP contribution in [-0.2, 0) is 19.7 Å². The summed E-state index contributed by atoms with van der Waals surface area (Å²) in [5.74, 6) is 1.45. The Labute approximate surface area is 188 Å². The lowest BCUT2D eigenvalue weighted by Crippen LogP contribution is -2.14. The molecule has 0 bridgehead atoms. The van der Waals surface area contributed by atoms with E-state index in [0.717, 1.165) is 33.6 Å². The van der Waals surface area contributed by atoms with Crippen molar-refractivity contribution in [2.75, 3.05) is 7.11 Å². The molecule has 0 aliphatic carbocycles. The first-order chi connectivity index (χ1) is 14.7. The average Bonchev–Trinajstić information content (AvgIpc) is 2.79. The number of hydrogen-bond acceptors (Lipinski definition) is 3. The molecule has 160 valence electrons. The van der Waals surface area contributed by atoms with E-state index in [0.29, 0.717) is 19.7 Å². The van der Waals surface area contributed by atoms with E-state index in [1.165, 1.54) is 17.5 Å². The number of hydrogen-bond donors (Lipinski definition) is 1. The second-order valence-corrected chi connectivity index (χ2v) is 7.09. The molecular formula is C26H25ClFNO2. The van der Waals surface area contributed by atoms with Crippen molar-refractivity contribution in [2.24, 2.45) is 0 Å². The topological polar surface area (TPSA) is 30.5 Å². The molecule has 0 saturated carbocycles. The molecular weight excluding hydrogens is 413 g/mol. The zero-order chi connectivity index (χ0) is 20.8. The summed E-state index contributed by atoms with van der Waals surface area (Å²) in [4.78, 5) is 0. The molecule has 0 aliphatic rings. The first-order valence-corrected chi connectivity index (χ1v) is 9.95. The van der Waals surface area contributed by atoms with E-state index in [2.05, 4.69) is 29.6 Å². The quantitative estimate of drug-likeness (QED) is 0.352. The minimum Gasteiger partial charge on any atom is -0.496 e. The van der Waals surface area contributed by atoms with Gasteiger partial charge in [-0.3, -0.25) is 0 Å². The molecule has 0 fully saturated rings. The van der Waals surface area contributed by atoms with Crippen molar-refractivity contribution >= 4 is 23.2 Å². The summed E-state index contributed by atoms with van der Waals surface area (Å²) in [6, 6.07) is 26.8. The van der Waals surface area contributed by atoms with Gasteiger partial charge in [0.25, 0.3) is 0 Å². The summed E-state index contributed by atoms with van der Waals surface area (Å²) in [6.45, 7) is 1.72. The molecule has 0 unspecified atom stereocenters. The summed E-state index contributed by atoms with van der Waals surface area (Å²) in [5.41, 5.74) is 3.14. The Morgan fingerprint density at radius 2 is 1.52 bits per heavy atom. The van der Waals surface area contributed by atoms with Crippen molar-refractivity contribution in [1.29, 1.82) is 0 Å². The van der Waals surface area contributed by atoms with Crippen LogP contribution in [0.3, 0.4) is 0 Å². The zero-order valence-electron chi connectivity index (χ0n) is 17.3. The Morgan fingerprint density at radius 1 is 0.774 bits per heavy atom. The van der Waals surface area contributed by atoms with Crippen LogP contribution in [0.4, 0.5) is 4.39 Å². The van der Waals surface area contributed by atoms with Crippen LogP contribution in [0.15, 0.2) is 84.9 Å². The average molecular weight is 438 g/mol. The minimum atomic E-state index is -0.245. The number of rotatable bonds is 8. The number of methoxy groups -OCH3 is 1. The van der Waals surface area contributed by atoms with Crippen molar-refractivity contribution in [1.82, 2.24) is 5.32 Å². The highest BCUT2D eigenvalue weighted by Crippen LogP contribution is 2.29. The van der Waals surface area contributed by atoms with Crippen LogP contribution in [0.2, 0.25) is 0 Å². The van der Waals surface area contributed by atoms with Gasteiger partial charge in [0.1, 0.15) is 23.9 Å². The SMILES string of the molecule is COc1ccccc1CNCc1c(OCc2ccc(F)cc2)ccc2ccccc12.Cl. The molecule has 0 amide bonds. The van der Waals surface area contributed by atoms with Crippen LogP contribution in [0.1, 0.15) is 16.7 Å². The Balaban J connectivity index is 0.00000272. The van der Waals surface area contributed by atoms with Gasteiger partial charge < -0.3 is 14.8 Å². The van der Waals surface area contributed by atoms with E-state index in [1.54, 1.807) is 19.2 Å². The van der Waals surface area contributed by atoms with Crippen molar-refractivity contribution in [3.63, 3.8) is 0 Å². The van der Waals surface area contributed by atoms with Crippen LogP contribution in [0, 0.1) is 5.82 Å². The summed E-state index contributed by atoms with van der Waals surface area (Å²) >= 11 is 0.